The van der Waals surface area contributed by atoms with Gasteiger partial charge >= 0.3 is 0 Å². The van der Waals surface area contributed by atoms with Gasteiger partial charge in [-0.25, -0.2) is 0 Å². The first-order valence-electron chi connectivity index (χ1n) is 7.84. The maximum atomic E-state index is 6.38. The van der Waals surface area contributed by atoms with Crippen molar-refractivity contribution >= 4 is 16.4 Å². The molecule has 0 aromatic heterocycles. The summed E-state index contributed by atoms with van der Waals surface area (Å²) in [6.45, 7) is 11.7. The van der Waals surface area contributed by atoms with Gasteiger partial charge in [-0.1, -0.05) is 49.4 Å². The zero-order chi connectivity index (χ0) is 14.8. The second-order valence-corrected chi connectivity index (χ2v) is 15.7. The predicted octanol–water partition coefficient (Wildman–Crippen LogP) is 5.51. The van der Waals surface area contributed by atoms with Crippen LogP contribution in [0.1, 0.15) is 26.2 Å². The van der Waals surface area contributed by atoms with E-state index in [0.29, 0.717) is 0 Å². The van der Waals surface area contributed by atoms with Crippen LogP contribution in [0.3, 0.4) is 0 Å². The minimum absolute atomic E-state index is 1.05. The van der Waals surface area contributed by atoms with Crippen LogP contribution in [0.15, 0.2) is 46.5 Å². The molecule has 20 heavy (non-hydrogen) atoms. The van der Waals surface area contributed by atoms with Crippen molar-refractivity contribution in [1.29, 1.82) is 0 Å². The third-order valence-corrected chi connectivity index (χ3v) is 9.68. The topological polar surface area (TPSA) is 9.23 Å². The molecular formula is C17H28OSi2. The Kier molecular flexibility index (Phi) is 4.60. The molecule has 0 amide bonds. The van der Waals surface area contributed by atoms with Crippen LogP contribution >= 0.6 is 0 Å². The van der Waals surface area contributed by atoms with E-state index in [1.807, 2.05) is 0 Å². The van der Waals surface area contributed by atoms with Gasteiger partial charge in [-0.15, -0.1) is 0 Å². The Morgan fingerprint density at radius 3 is 2.35 bits per heavy atom. The normalized spacial score (nSPS) is 21.4. The van der Waals surface area contributed by atoms with Gasteiger partial charge in [0.25, 0.3) is 0 Å². The number of allylic oxidation sites excluding steroid dienone is 7. The van der Waals surface area contributed by atoms with E-state index in [-0.39, 0.29) is 0 Å². The molecule has 1 atom stereocenters. The Hall–Kier alpha value is -0.806. The molecule has 3 heteroatoms. The molecule has 0 heterocycles. The highest BCUT2D eigenvalue weighted by Gasteiger charge is 2.39. The molecule has 0 radical (unpaired) electrons. The summed E-state index contributed by atoms with van der Waals surface area (Å²) in [5.41, 5.74) is 0. The van der Waals surface area contributed by atoms with E-state index >= 15 is 0 Å². The quantitative estimate of drug-likeness (QED) is 0.588. The first-order valence-corrected chi connectivity index (χ1v) is 14.0. The van der Waals surface area contributed by atoms with Crippen LogP contribution in [-0.4, -0.2) is 16.4 Å². The van der Waals surface area contributed by atoms with E-state index in [0.717, 1.165) is 12.8 Å². The molecule has 0 saturated carbocycles. The summed E-state index contributed by atoms with van der Waals surface area (Å²) in [6, 6.07) is 1.32. The first-order chi connectivity index (χ1) is 9.37. The Morgan fingerprint density at radius 1 is 1.05 bits per heavy atom. The van der Waals surface area contributed by atoms with E-state index in [1.165, 1.54) is 18.2 Å². The monoisotopic (exact) mass is 304 g/mol. The SMILES string of the molecule is CCC[Si](C)(C1=CCC=C1)C1=CCC=C1O[Si](C)(C)C. The van der Waals surface area contributed by atoms with E-state index in [1.54, 1.807) is 10.4 Å². The standard InChI is InChI=1S/C17H28OSi2/c1-6-14-20(5,15-10-7-8-11-15)17-13-9-12-16(17)18-19(2,3)4/h7,10-13H,6,8-9,14H2,1-5H3. The van der Waals surface area contributed by atoms with Crippen molar-refractivity contribution in [3.8, 4) is 0 Å². The van der Waals surface area contributed by atoms with Crippen molar-refractivity contribution in [2.45, 2.75) is 58.4 Å². The second kappa shape index (κ2) is 5.90. The van der Waals surface area contributed by atoms with Gasteiger partial charge in [0, 0.05) is 0 Å². The minimum Gasteiger partial charge on any atom is -0.545 e. The van der Waals surface area contributed by atoms with E-state index in [4.69, 9.17) is 4.43 Å². The average Bonchev–Trinajstić information content (AvgIpc) is 2.96. The van der Waals surface area contributed by atoms with Gasteiger partial charge in [-0.05, 0) is 49.8 Å². The fourth-order valence-corrected chi connectivity index (χ4v) is 8.36. The van der Waals surface area contributed by atoms with Crippen molar-refractivity contribution in [2.75, 3.05) is 0 Å². The highest BCUT2D eigenvalue weighted by molar-refractivity contribution is 6.93. The molecule has 0 aromatic carbocycles. The van der Waals surface area contributed by atoms with E-state index in [2.05, 4.69) is 63.5 Å². The highest BCUT2D eigenvalue weighted by atomic mass is 28.4. The molecule has 2 aliphatic rings. The van der Waals surface area contributed by atoms with Gasteiger partial charge in [0.2, 0.25) is 8.32 Å². The molecule has 0 fully saturated rings. The predicted molar refractivity (Wildman–Crippen MR) is 93.8 cm³/mol. The Balaban J connectivity index is 2.30. The van der Waals surface area contributed by atoms with Crippen LogP contribution in [0, 0.1) is 0 Å². The van der Waals surface area contributed by atoms with E-state index < -0.39 is 16.4 Å². The Labute approximate surface area is 126 Å². The minimum atomic E-state index is -1.58. The lowest BCUT2D eigenvalue weighted by Crippen LogP contribution is -2.38. The maximum absolute atomic E-state index is 6.38. The first kappa shape index (κ1) is 15.6. The lowest BCUT2D eigenvalue weighted by atomic mass is 10.5. The molecule has 0 saturated heterocycles. The zero-order valence-corrected chi connectivity index (χ0v) is 15.6. The lowest BCUT2D eigenvalue weighted by molar-refractivity contribution is 0.438. The number of hydrogen-bond acceptors (Lipinski definition) is 1. The fraction of sp³-hybridized carbons (Fsp3) is 0.529. The van der Waals surface area contributed by atoms with Crippen molar-refractivity contribution in [3.05, 3.63) is 46.5 Å². The van der Waals surface area contributed by atoms with Gasteiger partial charge < -0.3 is 4.43 Å². The van der Waals surface area contributed by atoms with Gasteiger partial charge in [-0.2, -0.15) is 0 Å². The summed E-state index contributed by atoms with van der Waals surface area (Å²) in [5, 5.41) is 3.16. The molecule has 0 aromatic rings. The summed E-state index contributed by atoms with van der Waals surface area (Å²) >= 11 is 0. The summed E-state index contributed by atoms with van der Waals surface area (Å²) in [6.07, 6.45) is 15.3. The van der Waals surface area contributed by atoms with Crippen molar-refractivity contribution < 1.29 is 4.43 Å². The molecule has 1 nitrogen and oxygen atoms in total. The number of rotatable bonds is 6. The smallest absolute Gasteiger partial charge is 0.242 e. The molecule has 0 bridgehead atoms. The van der Waals surface area contributed by atoms with Crippen molar-refractivity contribution in [1.82, 2.24) is 0 Å². The Morgan fingerprint density at radius 2 is 1.80 bits per heavy atom. The third-order valence-electron chi connectivity index (χ3n) is 4.06. The van der Waals surface area contributed by atoms with Crippen LogP contribution < -0.4 is 0 Å². The second-order valence-electron chi connectivity index (χ2n) is 7.02. The largest absolute Gasteiger partial charge is 0.545 e. The Bertz CT molecular complexity index is 492. The van der Waals surface area contributed by atoms with Crippen LogP contribution in [0.2, 0.25) is 32.2 Å². The summed E-state index contributed by atoms with van der Waals surface area (Å²) in [4.78, 5) is 0. The van der Waals surface area contributed by atoms with Crippen molar-refractivity contribution in [3.63, 3.8) is 0 Å². The van der Waals surface area contributed by atoms with Gasteiger partial charge in [0.05, 0.1) is 5.76 Å². The maximum Gasteiger partial charge on any atom is 0.242 e. The molecule has 110 valence electrons. The zero-order valence-electron chi connectivity index (χ0n) is 13.6. The van der Waals surface area contributed by atoms with Crippen molar-refractivity contribution in [2.24, 2.45) is 0 Å². The fourth-order valence-electron chi connectivity index (χ4n) is 3.22. The highest BCUT2D eigenvalue weighted by Crippen LogP contribution is 2.40. The molecule has 2 rings (SSSR count). The van der Waals surface area contributed by atoms with E-state index in [9.17, 15) is 0 Å². The summed E-state index contributed by atoms with van der Waals surface area (Å²) < 4.78 is 6.38. The molecule has 1 unspecified atom stereocenters. The molecule has 2 aliphatic carbocycles. The summed E-state index contributed by atoms with van der Waals surface area (Å²) in [5.74, 6) is 1.22. The molecular weight excluding hydrogens is 276 g/mol. The van der Waals surface area contributed by atoms with Gasteiger partial charge in [-0.3, -0.25) is 0 Å². The lowest BCUT2D eigenvalue weighted by Gasteiger charge is -2.33. The third kappa shape index (κ3) is 3.26. The van der Waals surface area contributed by atoms with Crippen LogP contribution in [-0.2, 0) is 4.43 Å². The number of hydrogen-bond donors (Lipinski definition) is 0. The molecule has 0 spiro atoms. The van der Waals surface area contributed by atoms with Gasteiger partial charge in [0.1, 0.15) is 8.07 Å². The van der Waals surface area contributed by atoms with Gasteiger partial charge in [0.15, 0.2) is 0 Å². The average molecular weight is 305 g/mol. The van der Waals surface area contributed by atoms with Crippen LogP contribution in [0.25, 0.3) is 0 Å². The van der Waals surface area contributed by atoms with Crippen LogP contribution in [0.4, 0.5) is 0 Å². The van der Waals surface area contributed by atoms with Crippen LogP contribution in [0.5, 0.6) is 0 Å². The molecule has 0 N–H and O–H groups in total. The molecule has 0 aliphatic heterocycles. The summed E-state index contributed by atoms with van der Waals surface area (Å²) in [7, 11) is -3.11.